The maximum Gasteiger partial charge on any atom is 0.247 e. The lowest BCUT2D eigenvalue weighted by Gasteiger charge is -2.24. The number of furan rings is 1. The summed E-state index contributed by atoms with van der Waals surface area (Å²) in [5, 5.41) is 0. The van der Waals surface area contributed by atoms with E-state index >= 15 is 0 Å². The normalized spacial score (nSPS) is 20.0. The number of nitrogens with zero attached hydrogens (tertiary/aromatic N) is 1. The predicted molar refractivity (Wildman–Crippen MR) is 93.5 cm³/mol. The van der Waals surface area contributed by atoms with Gasteiger partial charge in [-0.3, -0.25) is 4.79 Å². The lowest BCUT2D eigenvalue weighted by molar-refractivity contribution is -0.126. The van der Waals surface area contributed by atoms with Crippen LogP contribution in [0.3, 0.4) is 0 Å². The molecule has 0 radical (unpaired) electrons. The van der Waals surface area contributed by atoms with Crippen LogP contribution in [0.4, 0.5) is 0 Å². The minimum absolute atomic E-state index is 0.00557. The molecule has 2 aromatic rings. The van der Waals surface area contributed by atoms with Gasteiger partial charge < -0.3 is 18.8 Å². The van der Waals surface area contributed by atoms with Crippen LogP contribution in [0.5, 0.6) is 11.5 Å². The van der Waals surface area contributed by atoms with Crippen LogP contribution in [0.15, 0.2) is 47.1 Å². The molecule has 1 aromatic heterocycles. The second-order valence-corrected chi connectivity index (χ2v) is 6.30. The Morgan fingerprint density at radius 3 is 2.84 bits per heavy atom. The maximum atomic E-state index is 12.6. The first-order valence-electron chi connectivity index (χ1n) is 8.73. The van der Waals surface area contributed by atoms with Gasteiger partial charge in [0.25, 0.3) is 0 Å². The monoisotopic (exact) mass is 339 g/mol. The van der Waals surface area contributed by atoms with E-state index in [0.29, 0.717) is 19.0 Å². The van der Waals surface area contributed by atoms with E-state index in [-0.39, 0.29) is 11.9 Å². The number of hydrogen-bond donors (Lipinski definition) is 0. The van der Waals surface area contributed by atoms with Gasteiger partial charge in [-0.25, -0.2) is 0 Å². The van der Waals surface area contributed by atoms with Crippen molar-refractivity contribution in [1.82, 2.24) is 4.90 Å². The average molecular weight is 339 g/mol. The van der Waals surface area contributed by atoms with Crippen molar-refractivity contribution in [3.05, 3.63) is 54.0 Å². The van der Waals surface area contributed by atoms with Crippen molar-refractivity contribution in [3.63, 3.8) is 0 Å². The Kier molecular flexibility index (Phi) is 4.46. The molecular weight excluding hydrogens is 318 g/mol. The largest absolute Gasteiger partial charge is 0.490 e. The van der Waals surface area contributed by atoms with E-state index in [0.717, 1.165) is 42.9 Å². The third kappa shape index (κ3) is 3.40. The summed E-state index contributed by atoms with van der Waals surface area (Å²) in [7, 11) is 0. The smallest absolute Gasteiger partial charge is 0.247 e. The van der Waals surface area contributed by atoms with Crippen LogP contribution in [0.2, 0.25) is 0 Å². The van der Waals surface area contributed by atoms with Crippen molar-refractivity contribution in [2.45, 2.75) is 25.3 Å². The number of amides is 1. The molecule has 1 aromatic carbocycles. The summed E-state index contributed by atoms with van der Waals surface area (Å²) < 4.78 is 16.7. The van der Waals surface area contributed by atoms with Gasteiger partial charge in [-0.05, 0) is 48.7 Å². The van der Waals surface area contributed by atoms with Gasteiger partial charge in [-0.1, -0.05) is 6.07 Å². The SMILES string of the molecule is O=C(C=Cc1ccco1)N1CCCC1c1ccc2c(c1)OCCCO2. The van der Waals surface area contributed by atoms with Crippen LogP contribution >= 0.6 is 0 Å². The van der Waals surface area contributed by atoms with Gasteiger partial charge in [-0.15, -0.1) is 0 Å². The highest BCUT2D eigenvalue weighted by atomic mass is 16.5. The summed E-state index contributed by atoms with van der Waals surface area (Å²) in [6, 6.07) is 9.73. The fraction of sp³-hybridized carbons (Fsp3) is 0.350. The molecular formula is C20H21NO4. The second kappa shape index (κ2) is 7.05. The number of benzene rings is 1. The minimum atomic E-state index is 0.00557. The summed E-state index contributed by atoms with van der Waals surface area (Å²) in [6.07, 6.45) is 7.74. The molecule has 1 unspecified atom stereocenters. The first-order chi connectivity index (χ1) is 12.3. The summed E-state index contributed by atoms with van der Waals surface area (Å²) in [4.78, 5) is 14.5. The Morgan fingerprint density at radius 1 is 1.12 bits per heavy atom. The van der Waals surface area contributed by atoms with Crippen LogP contribution in [0.1, 0.15) is 36.6 Å². The number of carbonyl (C=O) groups excluding carboxylic acids is 1. The van der Waals surface area contributed by atoms with E-state index < -0.39 is 0 Å². The summed E-state index contributed by atoms with van der Waals surface area (Å²) >= 11 is 0. The minimum Gasteiger partial charge on any atom is -0.490 e. The highest BCUT2D eigenvalue weighted by Crippen LogP contribution is 2.38. The standard InChI is InChI=1S/C20H21NO4/c22-20(9-7-16-4-2-11-23-16)21-10-1-5-17(21)15-6-8-18-19(14-15)25-13-3-12-24-18/h2,4,6-9,11,14,17H,1,3,5,10,12-13H2. The molecule has 1 atom stereocenters. The van der Waals surface area contributed by atoms with E-state index in [9.17, 15) is 4.79 Å². The van der Waals surface area contributed by atoms with Crippen LogP contribution < -0.4 is 9.47 Å². The molecule has 25 heavy (non-hydrogen) atoms. The van der Waals surface area contributed by atoms with E-state index in [1.54, 1.807) is 24.5 Å². The van der Waals surface area contributed by atoms with Gasteiger partial charge in [0, 0.05) is 19.0 Å². The molecule has 130 valence electrons. The third-order valence-electron chi connectivity index (χ3n) is 4.63. The van der Waals surface area contributed by atoms with E-state index in [1.807, 2.05) is 29.2 Å². The maximum absolute atomic E-state index is 12.6. The van der Waals surface area contributed by atoms with E-state index in [1.165, 1.54) is 0 Å². The molecule has 5 nitrogen and oxygen atoms in total. The van der Waals surface area contributed by atoms with Gasteiger partial charge in [0.15, 0.2) is 11.5 Å². The number of fused-ring (bicyclic) bond motifs is 1. The molecule has 2 aliphatic heterocycles. The van der Waals surface area contributed by atoms with Crippen LogP contribution in [0, 0.1) is 0 Å². The Balaban J connectivity index is 1.53. The molecule has 0 aliphatic carbocycles. The van der Waals surface area contributed by atoms with Gasteiger partial charge in [0.05, 0.1) is 25.5 Å². The Morgan fingerprint density at radius 2 is 2.00 bits per heavy atom. The quantitative estimate of drug-likeness (QED) is 0.798. The van der Waals surface area contributed by atoms with Crippen molar-refractivity contribution in [2.24, 2.45) is 0 Å². The number of hydrogen-bond acceptors (Lipinski definition) is 4. The predicted octanol–water partition coefficient (Wildman–Crippen LogP) is 3.82. The first kappa shape index (κ1) is 15.8. The lowest BCUT2D eigenvalue weighted by atomic mass is 10.0. The van der Waals surface area contributed by atoms with Gasteiger partial charge in [0.1, 0.15) is 5.76 Å². The highest BCUT2D eigenvalue weighted by molar-refractivity contribution is 5.92. The highest BCUT2D eigenvalue weighted by Gasteiger charge is 2.29. The number of likely N-dealkylation sites (tertiary alicyclic amines) is 1. The van der Waals surface area contributed by atoms with Crippen molar-refractivity contribution >= 4 is 12.0 Å². The molecule has 0 spiro atoms. The summed E-state index contributed by atoms with van der Waals surface area (Å²) in [6.45, 7) is 2.11. The fourth-order valence-corrected chi connectivity index (χ4v) is 3.40. The molecule has 1 amide bonds. The molecule has 0 saturated carbocycles. The Bertz CT molecular complexity index is 766. The zero-order chi connectivity index (χ0) is 17.1. The molecule has 3 heterocycles. The lowest BCUT2D eigenvalue weighted by Crippen LogP contribution is -2.28. The van der Waals surface area contributed by atoms with E-state index in [4.69, 9.17) is 13.9 Å². The fourth-order valence-electron chi connectivity index (χ4n) is 3.40. The first-order valence-corrected chi connectivity index (χ1v) is 8.73. The van der Waals surface area contributed by atoms with Crippen LogP contribution in [-0.2, 0) is 4.79 Å². The number of rotatable bonds is 3. The summed E-state index contributed by atoms with van der Waals surface area (Å²) in [5.74, 6) is 2.25. The van der Waals surface area contributed by atoms with Gasteiger partial charge in [-0.2, -0.15) is 0 Å². The van der Waals surface area contributed by atoms with Gasteiger partial charge in [0.2, 0.25) is 5.91 Å². The molecule has 1 fully saturated rings. The molecule has 0 N–H and O–H groups in total. The number of ether oxygens (including phenoxy) is 2. The van der Waals surface area contributed by atoms with E-state index in [2.05, 4.69) is 0 Å². The average Bonchev–Trinajstić information content (AvgIpc) is 3.27. The zero-order valence-corrected chi connectivity index (χ0v) is 14.0. The third-order valence-corrected chi connectivity index (χ3v) is 4.63. The van der Waals surface area contributed by atoms with Crippen molar-refractivity contribution < 1.29 is 18.7 Å². The van der Waals surface area contributed by atoms with Crippen LogP contribution in [0.25, 0.3) is 6.08 Å². The number of carbonyl (C=O) groups is 1. The van der Waals surface area contributed by atoms with Crippen molar-refractivity contribution in [2.75, 3.05) is 19.8 Å². The van der Waals surface area contributed by atoms with Gasteiger partial charge >= 0.3 is 0 Å². The Hall–Kier alpha value is -2.69. The van der Waals surface area contributed by atoms with Crippen LogP contribution in [-0.4, -0.2) is 30.6 Å². The second-order valence-electron chi connectivity index (χ2n) is 6.30. The molecule has 4 rings (SSSR count). The Labute approximate surface area is 146 Å². The summed E-state index contributed by atoms with van der Waals surface area (Å²) in [5.41, 5.74) is 1.10. The zero-order valence-electron chi connectivity index (χ0n) is 14.0. The van der Waals surface area contributed by atoms with Crippen molar-refractivity contribution in [3.8, 4) is 11.5 Å². The molecule has 5 heteroatoms. The van der Waals surface area contributed by atoms with Crippen molar-refractivity contribution in [1.29, 1.82) is 0 Å². The molecule has 1 saturated heterocycles. The molecule has 2 aliphatic rings. The molecule has 0 bridgehead atoms. The topological polar surface area (TPSA) is 51.9 Å².